The molecule has 8 heteroatoms. The highest BCUT2D eigenvalue weighted by atomic mass is 19.1. The number of aromatic hydroxyl groups is 1. The summed E-state index contributed by atoms with van der Waals surface area (Å²) in [5.41, 5.74) is 2.73. The fraction of sp³-hybridized carbons (Fsp3) is 0.348. The number of alkyl halides is 1. The number of phenolic OH excluding ortho intramolecular Hbond substituents is 1. The molecule has 2 heterocycles. The number of benzene rings is 1. The summed E-state index contributed by atoms with van der Waals surface area (Å²) in [5, 5.41) is 22.0. The van der Waals surface area contributed by atoms with Crippen LogP contribution in [0.4, 0.5) is 4.39 Å². The topological polar surface area (TPSA) is 89.4 Å². The molecular formula is C23H25FN4O3. The normalized spacial score (nSPS) is 20.9. The molecule has 1 fully saturated rings. The maximum Gasteiger partial charge on any atom is 0.233 e. The second-order valence-corrected chi connectivity index (χ2v) is 7.55. The first-order valence-corrected chi connectivity index (χ1v) is 10.2. The Morgan fingerprint density at radius 2 is 1.87 bits per heavy atom. The summed E-state index contributed by atoms with van der Waals surface area (Å²) in [4.78, 5) is 4.09. The first-order valence-electron chi connectivity index (χ1n) is 10.2. The lowest BCUT2D eigenvalue weighted by Crippen LogP contribution is -2.42. The molecule has 7 nitrogen and oxygen atoms in total. The fourth-order valence-electron chi connectivity index (χ4n) is 3.79. The smallest absolute Gasteiger partial charge is 0.233 e. The molecule has 3 aromatic rings. The van der Waals surface area contributed by atoms with E-state index in [1.54, 1.807) is 43.6 Å². The molecule has 0 bridgehead atoms. The Kier molecular flexibility index (Phi) is 6.27. The third-order valence-electron chi connectivity index (χ3n) is 5.58. The number of ether oxygens (including phenoxy) is 2. The molecule has 2 aromatic heterocycles. The zero-order valence-electron chi connectivity index (χ0n) is 17.5. The van der Waals surface area contributed by atoms with Gasteiger partial charge < -0.3 is 19.9 Å². The standard InChI is InChI=1S/C23H25FN4O3/c1-25-16-4-6-18(24)21(13-16)31-22-8-7-19(27-28-22)17-5-3-14(11-20(17)29)15-9-10-26-23(12-15)30-2/h3,5,7-12,16,18,21,25,29H,4,6,13H2,1-2H3/t16?,18?,21-/m0/s1. The summed E-state index contributed by atoms with van der Waals surface area (Å²) < 4.78 is 25.1. The lowest BCUT2D eigenvalue weighted by Gasteiger charge is -2.31. The van der Waals surface area contributed by atoms with E-state index in [0.717, 1.165) is 17.5 Å². The number of phenols is 1. The SMILES string of the molecule is CNC1CCC(F)[C@@H](Oc2ccc(-c3ccc(-c4ccnc(OC)c4)cc3O)nn2)C1. The molecule has 0 saturated heterocycles. The van der Waals surface area contributed by atoms with Crippen LogP contribution in [0.1, 0.15) is 19.3 Å². The van der Waals surface area contributed by atoms with E-state index in [2.05, 4.69) is 20.5 Å². The predicted molar refractivity (Wildman–Crippen MR) is 115 cm³/mol. The Morgan fingerprint density at radius 1 is 1.03 bits per heavy atom. The van der Waals surface area contributed by atoms with Gasteiger partial charge in [0.2, 0.25) is 11.8 Å². The van der Waals surface area contributed by atoms with Crippen LogP contribution in [0, 0.1) is 0 Å². The molecule has 0 amide bonds. The number of rotatable bonds is 6. The van der Waals surface area contributed by atoms with Crippen LogP contribution in [-0.4, -0.2) is 52.8 Å². The average molecular weight is 424 g/mol. The Bertz CT molecular complexity index is 1030. The van der Waals surface area contributed by atoms with Crippen molar-refractivity contribution in [1.29, 1.82) is 0 Å². The minimum absolute atomic E-state index is 0.0733. The molecule has 1 saturated carbocycles. The molecule has 1 aliphatic carbocycles. The van der Waals surface area contributed by atoms with Crippen molar-refractivity contribution in [3.63, 3.8) is 0 Å². The number of nitrogens with one attached hydrogen (secondary N) is 1. The van der Waals surface area contributed by atoms with Gasteiger partial charge in [0.1, 0.15) is 18.0 Å². The average Bonchev–Trinajstić information content (AvgIpc) is 2.81. The molecule has 162 valence electrons. The molecular weight excluding hydrogens is 399 g/mol. The van der Waals surface area contributed by atoms with E-state index in [-0.39, 0.29) is 17.7 Å². The number of methoxy groups -OCH3 is 1. The molecule has 4 rings (SSSR count). The number of nitrogens with zero attached hydrogens (tertiary/aromatic N) is 3. The number of hydrogen-bond acceptors (Lipinski definition) is 7. The fourth-order valence-corrected chi connectivity index (χ4v) is 3.79. The lowest BCUT2D eigenvalue weighted by molar-refractivity contribution is 0.0473. The van der Waals surface area contributed by atoms with Gasteiger partial charge in [-0.05, 0) is 55.3 Å². The van der Waals surface area contributed by atoms with Crippen molar-refractivity contribution in [1.82, 2.24) is 20.5 Å². The van der Waals surface area contributed by atoms with Gasteiger partial charge in [-0.15, -0.1) is 10.2 Å². The van der Waals surface area contributed by atoms with Gasteiger partial charge in [-0.3, -0.25) is 0 Å². The van der Waals surface area contributed by atoms with Gasteiger partial charge >= 0.3 is 0 Å². The number of aromatic nitrogens is 3. The van der Waals surface area contributed by atoms with Crippen molar-refractivity contribution in [2.75, 3.05) is 14.2 Å². The van der Waals surface area contributed by atoms with E-state index >= 15 is 0 Å². The third-order valence-corrected chi connectivity index (χ3v) is 5.58. The Balaban J connectivity index is 1.50. The highest BCUT2D eigenvalue weighted by Crippen LogP contribution is 2.33. The van der Waals surface area contributed by atoms with Crippen LogP contribution < -0.4 is 14.8 Å². The van der Waals surface area contributed by atoms with Crippen molar-refractivity contribution in [3.05, 3.63) is 48.7 Å². The number of hydrogen-bond donors (Lipinski definition) is 2. The summed E-state index contributed by atoms with van der Waals surface area (Å²) in [5.74, 6) is 0.842. The quantitative estimate of drug-likeness (QED) is 0.622. The molecule has 1 aliphatic rings. The van der Waals surface area contributed by atoms with Crippen molar-refractivity contribution in [2.45, 2.75) is 37.6 Å². The van der Waals surface area contributed by atoms with Crippen LogP contribution in [0.2, 0.25) is 0 Å². The van der Waals surface area contributed by atoms with Crippen LogP contribution in [0.3, 0.4) is 0 Å². The van der Waals surface area contributed by atoms with Gasteiger partial charge in [0, 0.05) is 36.4 Å². The molecule has 1 aromatic carbocycles. The molecule has 0 aliphatic heterocycles. The summed E-state index contributed by atoms with van der Waals surface area (Å²) in [7, 11) is 3.43. The van der Waals surface area contributed by atoms with Crippen LogP contribution in [0.5, 0.6) is 17.5 Å². The van der Waals surface area contributed by atoms with E-state index in [1.807, 2.05) is 19.2 Å². The zero-order chi connectivity index (χ0) is 21.8. The molecule has 31 heavy (non-hydrogen) atoms. The first-order chi connectivity index (χ1) is 15.1. The molecule has 0 radical (unpaired) electrons. The summed E-state index contributed by atoms with van der Waals surface area (Å²) >= 11 is 0. The van der Waals surface area contributed by atoms with E-state index < -0.39 is 12.3 Å². The van der Waals surface area contributed by atoms with Crippen molar-refractivity contribution in [3.8, 4) is 39.9 Å². The van der Waals surface area contributed by atoms with E-state index in [4.69, 9.17) is 9.47 Å². The van der Waals surface area contributed by atoms with Gasteiger partial charge in [0.15, 0.2) is 0 Å². The highest BCUT2D eigenvalue weighted by Gasteiger charge is 2.31. The summed E-state index contributed by atoms with van der Waals surface area (Å²) in [6.45, 7) is 0. The van der Waals surface area contributed by atoms with Crippen molar-refractivity contribution >= 4 is 0 Å². The molecule has 2 unspecified atom stereocenters. The van der Waals surface area contributed by atoms with Crippen LogP contribution in [-0.2, 0) is 0 Å². The summed E-state index contributed by atoms with van der Waals surface area (Å²) in [6.07, 6.45) is 1.93. The van der Waals surface area contributed by atoms with Crippen LogP contribution >= 0.6 is 0 Å². The lowest BCUT2D eigenvalue weighted by atomic mass is 9.91. The monoisotopic (exact) mass is 424 g/mol. The van der Waals surface area contributed by atoms with E-state index in [1.165, 1.54) is 0 Å². The van der Waals surface area contributed by atoms with Gasteiger partial charge in [0.05, 0.1) is 12.8 Å². The van der Waals surface area contributed by atoms with Gasteiger partial charge in [0.25, 0.3) is 0 Å². The van der Waals surface area contributed by atoms with Gasteiger partial charge in [-0.2, -0.15) is 0 Å². The molecule has 2 N–H and O–H groups in total. The van der Waals surface area contributed by atoms with Gasteiger partial charge in [-0.25, -0.2) is 9.37 Å². The minimum Gasteiger partial charge on any atom is -0.507 e. The van der Waals surface area contributed by atoms with Gasteiger partial charge in [-0.1, -0.05) is 6.07 Å². The largest absolute Gasteiger partial charge is 0.507 e. The van der Waals surface area contributed by atoms with Crippen molar-refractivity contribution < 1.29 is 19.0 Å². The maximum atomic E-state index is 14.2. The van der Waals surface area contributed by atoms with Crippen LogP contribution in [0.25, 0.3) is 22.4 Å². The molecule has 0 spiro atoms. The zero-order valence-corrected chi connectivity index (χ0v) is 17.5. The highest BCUT2D eigenvalue weighted by molar-refractivity contribution is 5.74. The predicted octanol–water partition coefficient (Wildman–Crippen LogP) is 3.78. The molecule has 3 atom stereocenters. The number of halogens is 1. The Labute approximate surface area is 180 Å². The first kappa shape index (κ1) is 21.0. The van der Waals surface area contributed by atoms with Crippen LogP contribution in [0.15, 0.2) is 48.7 Å². The number of pyridine rings is 1. The summed E-state index contributed by atoms with van der Waals surface area (Å²) in [6, 6.07) is 12.5. The second kappa shape index (κ2) is 9.26. The van der Waals surface area contributed by atoms with E-state index in [0.29, 0.717) is 30.0 Å². The van der Waals surface area contributed by atoms with E-state index in [9.17, 15) is 9.50 Å². The van der Waals surface area contributed by atoms with Crippen molar-refractivity contribution in [2.24, 2.45) is 0 Å². The Morgan fingerprint density at radius 3 is 2.58 bits per heavy atom. The second-order valence-electron chi connectivity index (χ2n) is 7.55. The minimum atomic E-state index is -1.02. The Hall–Kier alpha value is -3.26. The third kappa shape index (κ3) is 4.74. The maximum absolute atomic E-state index is 14.2.